The largest absolute Gasteiger partial charge is 0.481 e. The molecule has 1 aromatic rings. The topological polar surface area (TPSA) is 53.1 Å². The number of methoxy groups -OCH3 is 1. The van der Waals surface area contributed by atoms with Gasteiger partial charge in [0.05, 0.1) is 18.3 Å². The Morgan fingerprint density at radius 3 is 2.35 bits per heavy atom. The van der Waals surface area contributed by atoms with Crippen molar-refractivity contribution in [2.45, 2.75) is 50.5 Å². The Morgan fingerprint density at radius 1 is 1.25 bits per heavy atom. The second kappa shape index (κ2) is 4.48. The summed E-state index contributed by atoms with van der Waals surface area (Å²) in [5.74, 6) is 3.71. The molecule has 0 aromatic carbocycles. The minimum absolute atomic E-state index is 0.243. The molecule has 0 aliphatic heterocycles. The SMILES string of the molecule is COc1cc(CCN)nn1C12CC3CC(CC(C3)C1)C2. The molecule has 1 aromatic heterocycles. The minimum Gasteiger partial charge on any atom is -0.481 e. The third kappa shape index (κ3) is 1.80. The number of nitrogens with two attached hydrogens (primary N) is 1. The van der Waals surface area contributed by atoms with Gasteiger partial charge in [0.15, 0.2) is 0 Å². The van der Waals surface area contributed by atoms with E-state index in [0.29, 0.717) is 6.54 Å². The van der Waals surface area contributed by atoms with Crippen molar-refractivity contribution in [1.82, 2.24) is 9.78 Å². The number of hydrogen-bond acceptors (Lipinski definition) is 3. The van der Waals surface area contributed by atoms with Gasteiger partial charge in [0.25, 0.3) is 0 Å². The molecule has 4 heteroatoms. The highest BCUT2D eigenvalue weighted by Crippen LogP contribution is 2.59. The molecule has 0 spiro atoms. The lowest BCUT2D eigenvalue weighted by molar-refractivity contribution is -0.0526. The number of nitrogens with zero attached hydrogens (tertiary/aromatic N) is 2. The average molecular weight is 275 g/mol. The van der Waals surface area contributed by atoms with Crippen LogP contribution in [0.4, 0.5) is 0 Å². The van der Waals surface area contributed by atoms with Gasteiger partial charge in [0.1, 0.15) is 0 Å². The Kier molecular flexibility index (Phi) is 2.85. The van der Waals surface area contributed by atoms with E-state index in [1.165, 1.54) is 38.5 Å². The standard InChI is InChI=1S/C16H25N3O/c1-20-15-7-14(2-3-17)18-19(15)16-8-11-4-12(9-16)6-13(5-11)10-16/h7,11-13H,2-6,8-10,17H2,1H3. The third-order valence-electron chi connectivity index (χ3n) is 5.79. The van der Waals surface area contributed by atoms with Crippen LogP contribution in [-0.2, 0) is 12.0 Å². The number of aromatic nitrogens is 2. The maximum atomic E-state index is 5.68. The van der Waals surface area contributed by atoms with Gasteiger partial charge in [-0.15, -0.1) is 0 Å². The summed E-state index contributed by atoms with van der Waals surface area (Å²) in [5.41, 5.74) is 7.00. The van der Waals surface area contributed by atoms with Crippen molar-refractivity contribution in [3.8, 4) is 5.88 Å². The Bertz CT molecular complexity index is 473. The van der Waals surface area contributed by atoms with Crippen molar-refractivity contribution >= 4 is 0 Å². The maximum absolute atomic E-state index is 5.68. The molecule has 4 nitrogen and oxygen atoms in total. The van der Waals surface area contributed by atoms with Crippen LogP contribution in [-0.4, -0.2) is 23.4 Å². The summed E-state index contributed by atoms with van der Waals surface area (Å²) >= 11 is 0. The first kappa shape index (κ1) is 12.7. The lowest BCUT2D eigenvalue weighted by Crippen LogP contribution is -2.52. The zero-order chi connectivity index (χ0) is 13.7. The van der Waals surface area contributed by atoms with Crippen LogP contribution in [0.1, 0.15) is 44.2 Å². The first-order chi connectivity index (χ1) is 9.72. The normalized spacial score (nSPS) is 38.4. The lowest BCUT2D eigenvalue weighted by Gasteiger charge is -2.56. The summed E-state index contributed by atoms with van der Waals surface area (Å²) in [6, 6.07) is 2.09. The summed E-state index contributed by atoms with van der Waals surface area (Å²) < 4.78 is 7.86. The van der Waals surface area contributed by atoms with E-state index in [1.54, 1.807) is 7.11 Å². The van der Waals surface area contributed by atoms with Crippen molar-refractivity contribution in [1.29, 1.82) is 0 Å². The molecular weight excluding hydrogens is 250 g/mol. The molecule has 110 valence electrons. The first-order valence-electron chi connectivity index (χ1n) is 8.06. The highest BCUT2D eigenvalue weighted by atomic mass is 16.5. The van der Waals surface area contributed by atoms with Crippen molar-refractivity contribution in [3.63, 3.8) is 0 Å². The molecule has 5 rings (SSSR count). The van der Waals surface area contributed by atoms with E-state index in [0.717, 1.165) is 35.7 Å². The second-order valence-corrected chi connectivity index (χ2v) is 7.27. The molecule has 4 aliphatic carbocycles. The van der Waals surface area contributed by atoms with E-state index in [-0.39, 0.29) is 5.54 Å². The molecule has 0 atom stereocenters. The van der Waals surface area contributed by atoms with Crippen LogP contribution in [0.5, 0.6) is 5.88 Å². The van der Waals surface area contributed by atoms with Gasteiger partial charge in [-0.2, -0.15) is 5.10 Å². The molecule has 4 aliphatic rings. The quantitative estimate of drug-likeness (QED) is 0.917. The van der Waals surface area contributed by atoms with Crippen molar-refractivity contribution in [2.24, 2.45) is 23.5 Å². The first-order valence-corrected chi connectivity index (χ1v) is 8.06. The number of hydrogen-bond donors (Lipinski definition) is 1. The summed E-state index contributed by atoms with van der Waals surface area (Å²) in [6.07, 6.45) is 9.13. The second-order valence-electron chi connectivity index (χ2n) is 7.27. The van der Waals surface area contributed by atoms with Crippen LogP contribution in [0.2, 0.25) is 0 Å². The average Bonchev–Trinajstić information content (AvgIpc) is 2.81. The van der Waals surface area contributed by atoms with E-state index < -0.39 is 0 Å². The van der Waals surface area contributed by atoms with Gasteiger partial charge in [-0.1, -0.05) is 0 Å². The summed E-state index contributed by atoms with van der Waals surface area (Å²) in [5, 5.41) is 4.87. The summed E-state index contributed by atoms with van der Waals surface area (Å²) in [7, 11) is 1.76. The fourth-order valence-electron chi connectivity index (χ4n) is 5.49. The maximum Gasteiger partial charge on any atom is 0.212 e. The predicted octanol–water partition coefficient (Wildman–Crippen LogP) is 2.32. The molecule has 1 heterocycles. The highest BCUT2D eigenvalue weighted by molar-refractivity contribution is 5.21. The lowest BCUT2D eigenvalue weighted by atomic mass is 9.53. The summed E-state index contributed by atoms with van der Waals surface area (Å²) in [4.78, 5) is 0. The van der Waals surface area contributed by atoms with Crippen LogP contribution in [0.15, 0.2) is 6.07 Å². The van der Waals surface area contributed by atoms with Gasteiger partial charge in [0.2, 0.25) is 5.88 Å². The smallest absolute Gasteiger partial charge is 0.212 e. The molecule has 20 heavy (non-hydrogen) atoms. The van der Waals surface area contributed by atoms with Crippen molar-refractivity contribution < 1.29 is 4.74 Å². The van der Waals surface area contributed by atoms with Crippen molar-refractivity contribution in [2.75, 3.05) is 13.7 Å². The van der Waals surface area contributed by atoms with E-state index in [9.17, 15) is 0 Å². The van der Waals surface area contributed by atoms with E-state index in [4.69, 9.17) is 15.6 Å². The monoisotopic (exact) mass is 275 g/mol. The highest BCUT2D eigenvalue weighted by Gasteiger charge is 2.53. The van der Waals surface area contributed by atoms with Crippen LogP contribution in [0.3, 0.4) is 0 Å². The molecular formula is C16H25N3O. The van der Waals surface area contributed by atoms with Crippen LogP contribution >= 0.6 is 0 Å². The fourth-order valence-corrected chi connectivity index (χ4v) is 5.49. The van der Waals surface area contributed by atoms with Crippen LogP contribution < -0.4 is 10.5 Å². The zero-order valence-corrected chi connectivity index (χ0v) is 12.3. The molecule has 4 bridgehead atoms. The van der Waals surface area contributed by atoms with Gasteiger partial charge >= 0.3 is 0 Å². The number of ether oxygens (including phenoxy) is 1. The molecule has 2 N–H and O–H groups in total. The summed E-state index contributed by atoms with van der Waals surface area (Å²) in [6.45, 7) is 0.654. The van der Waals surface area contributed by atoms with Gasteiger partial charge in [-0.05, 0) is 62.8 Å². The Morgan fingerprint density at radius 2 is 1.85 bits per heavy atom. The van der Waals surface area contributed by atoms with Crippen LogP contribution in [0.25, 0.3) is 0 Å². The Balaban J connectivity index is 1.72. The fraction of sp³-hybridized carbons (Fsp3) is 0.812. The minimum atomic E-state index is 0.243. The van der Waals surface area contributed by atoms with Crippen LogP contribution in [0, 0.1) is 17.8 Å². The zero-order valence-electron chi connectivity index (χ0n) is 12.3. The van der Waals surface area contributed by atoms with E-state index >= 15 is 0 Å². The molecule has 0 amide bonds. The molecule has 0 radical (unpaired) electrons. The van der Waals surface area contributed by atoms with Gasteiger partial charge < -0.3 is 10.5 Å². The molecule has 4 fully saturated rings. The van der Waals surface area contributed by atoms with Crippen molar-refractivity contribution in [3.05, 3.63) is 11.8 Å². The van der Waals surface area contributed by atoms with E-state index in [2.05, 4.69) is 10.7 Å². The number of rotatable bonds is 4. The predicted molar refractivity (Wildman–Crippen MR) is 77.7 cm³/mol. The molecule has 4 saturated carbocycles. The Labute approximate surface area is 120 Å². The third-order valence-corrected chi connectivity index (χ3v) is 5.79. The van der Waals surface area contributed by atoms with Gasteiger partial charge in [-0.25, -0.2) is 4.68 Å². The van der Waals surface area contributed by atoms with E-state index in [1.807, 2.05) is 0 Å². The molecule has 0 saturated heterocycles. The van der Waals surface area contributed by atoms with Gasteiger partial charge in [-0.3, -0.25) is 0 Å². The van der Waals surface area contributed by atoms with Gasteiger partial charge in [0, 0.05) is 12.5 Å². The Hall–Kier alpha value is -1.03. The molecule has 0 unspecified atom stereocenters.